The molecule has 7 heteroatoms. The van der Waals surface area contributed by atoms with Gasteiger partial charge in [-0.2, -0.15) is 0 Å². The molecule has 1 amide bonds. The molecule has 0 bridgehead atoms. The van der Waals surface area contributed by atoms with Crippen LogP contribution in [0.4, 0.5) is 0 Å². The lowest BCUT2D eigenvalue weighted by atomic mass is 10.2. The van der Waals surface area contributed by atoms with Gasteiger partial charge in [0.15, 0.2) is 5.16 Å². The van der Waals surface area contributed by atoms with Crippen molar-refractivity contribution >= 4 is 39.2 Å². The molecule has 0 aliphatic carbocycles. The number of carbonyl (C=O) groups is 1. The third-order valence-corrected chi connectivity index (χ3v) is 6.79. The lowest BCUT2D eigenvalue weighted by Gasteiger charge is -2.20. The predicted octanol–water partition coefficient (Wildman–Crippen LogP) is 3.36. The number of amides is 1. The van der Waals surface area contributed by atoms with Crippen LogP contribution in [0.2, 0.25) is 0 Å². The monoisotopic (exact) mass is 377 g/mol. The summed E-state index contributed by atoms with van der Waals surface area (Å²) in [7, 11) is 0. The summed E-state index contributed by atoms with van der Waals surface area (Å²) in [6.07, 6.45) is 3.84. The molecule has 2 aromatic heterocycles. The minimum Gasteiger partial charge on any atom is -0.342 e. The van der Waals surface area contributed by atoms with Crippen LogP contribution in [0.3, 0.4) is 0 Å². The highest BCUT2D eigenvalue weighted by Crippen LogP contribution is 2.30. The van der Waals surface area contributed by atoms with Crippen LogP contribution in [-0.2, 0) is 11.3 Å². The number of allylic oxidation sites excluding steroid dienone is 1. The summed E-state index contributed by atoms with van der Waals surface area (Å²) in [5.74, 6) is 0.125. The zero-order valence-corrected chi connectivity index (χ0v) is 16.5. The molecule has 134 valence electrons. The molecular formula is C18H23N3O2S2. The standard InChI is InChI=1S/C18H23N3O2S2/c1-5-8-21-17(23)14-11(2)12(3)24-15(14)19-18(21)25-13(4)16(22)20-9-6-7-10-20/h5,13H,1,6-10H2,2-4H3/t13-/m0/s1. The van der Waals surface area contributed by atoms with Crippen molar-refractivity contribution in [3.8, 4) is 0 Å². The van der Waals surface area contributed by atoms with Crippen LogP contribution >= 0.6 is 23.1 Å². The van der Waals surface area contributed by atoms with Crippen LogP contribution in [0.25, 0.3) is 10.2 Å². The SMILES string of the molecule is C=CCn1c(S[C@@H](C)C(=O)N2CCCC2)nc2sc(C)c(C)c2c1=O. The Morgan fingerprint density at radius 1 is 1.40 bits per heavy atom. The Morgan fingerprint density at radius 2 is 2.08 bits per heavy atom. The van der Waals surface area contributed by atoms with Crippen molar-refractivity contribution in [1.82, 2.24) is 14.5 Å². The average Bonchev–Trinajstić information content (AvgIpc) is 3.20. The molecule has 5 nitrogen and oxygen atoms in total. The lowest BCUT2D eigenvalue weighted by molar-refractivity contribution is -0.129. The van der Waals surface area contributed by atoms with Gasteiger partial charge in [0.2, 0.25) is 5.91 Å². The number of likely N-dealkylation sites (tertiary alicyclic amines) is 1. The predicted molar refractivity (Wildman–Crippen MR) is 105 cm³/mol. The second-order valence-corrected chi connectivity index (χ2v) is 8.87. The van der Waals surface area contributed by atoms with Gasteiger partial charge in [-0.3, -0.25) is 14.2 Å². The van der Waals surface area contributed by atoms with Gasteiger partial charge in [0.05, 0.1) is 10.6 Å². The van der Waals surface area contributed by atoms with E-state index in [1.165, 1.54) is 23.1 Å². The van der Waals surface area contributed by atoms with E-state index < -0.39 is 0 Å². The Kier molecular flexibility index (Phi) is 5.34. The molecule has 0 saturated carbocycles. The topological polar surface area (TPSA) is 55.2 Å². The van der Waals surface area contributed by atoms with E-state index in [1.54, 1.807) is 10.6 Å². The highest BCUT2D eigenvalue weighted by molar-refractivity contribution is 8.00. The van der Waals surface area contributed by atoms with E-state index in [4.69, 9.17) is 4.98 Å². The van der Waals surface area contributed by atoms with E-state index in [2.05, 4.69) is 6.58 Å². The maximum absolute atomic E-state index is 13.0. The summed E-state index contributed by atoms with van der Waals surface area (Å²) in [5, 5.41) is 1.02. The molecule has 1 aliphatic rings. The van der Waals surface area contributed by atoms with Crippen LogP contribution in [0.5, 0.6) is 0 Å². The zero-order valence-electron chi connectivity index (χ0n) is 14.9. The summed E-state index contributed by atoms with van der Waals surface area (Å²) < 4.78 is 1.63. The first-order chi connectivity index (χ1) is 11.9. The van der Waals surface area contributed by atoms with Crippen molar-refractivity contribution in [1.29, 1.82) is 0 Å². The van der Waals surface area contributed by atoms with Gasteiger partial charge in [-0.05, 0) is 39.2 Å². The molecule has 0 aromatic carbocycles. The molecule has 0 spiro atoms. The second kappa shape index (κ2) is 7.33. The van der Waals surface area contributed by atoms with Gasteiger partial charge in [0.25, 0.3) is 5.56 Å². The van der Waals surface area contributed by atoms with E-state index >= 15 is 0 Å². The van der Waals surface area contributed by atoms with E-state index in [-0.39, 0.29) is 16.7 Å². The van der Waals surface area contributed by atoms with Gasteiger partial charge in [-0.15, -0.1) is 17.9 Å². The molecule has 0 unspecified atom stereocenters. The van der Waals surface area contributed by atoms with Crippen LogP contribution in [-0.4, -0.2) is 38.7 Å². The second-order valence-electron chi connectivity index (χ2n) is 6.35. The molecular weight excluding hydrogens is 354 g/mol. The number of aromatic nitrogens is 2. The molecule has 0 N–H and O–H groups in total. The van der Waals surface area contributed by atoms with Gasteiger partial charge >= 0.3 is 0 Å². The fourth-order valence-corrected chi connectivity index (χ4v) is 5.16. The fraction of sp³-hybridized carbons (Fsp3) is 0.500. The van der Waals surface area contributed by atoms with Crippen molar-refractivity contribution in [2.45, 2.75) is 50.6 Å². The summed E-state index contributed by atoms with van der Waals surface area (Å²) in [4.78, 5) is 34.0. The van der Waals surface area contributed by atoms with Crippen LogP contribution in [0, 0.1) is 13.8 Å². The normalized spacial score (nSPS) is 15.7. The Morgan fingerprint density at radius 3 is 2.72 bits per heavy atom. The third-order valence-electron chi connectivity index (χ3n) is 4.61. The number of nitrogens with zero attached hydrogens (tertiary/aromatic N) is 3. The summed E-state index contributed by atoms with van der Waals surface area (Å²) in [5.41, 5.74) is 0.947. The molecule has 3 heterocycles. The van der Waals surface area contributed by atoms with E-state index in [1.807, 2.05) is 25.7 Å². The zero-order chi connectivity index (χ0) is 18.1. The van der Waals surface area contributed by atoms with Gasteiger partial charge < -0.3 is 4.90 Å². The molecule has 3 rings (SSSR count). The number of carbonyl (C=O) groups excluding carboxylic acids is 1. The minimum atomic E-state index is -0.263. The van der Waals surface area contributed by atoms with E-state index in [0.29, 0.717) is 17.1 Å². The van der Waals surface area contributed by atoms with Crippen LogP contribution < -0.4 is 5.56 Å². The van der Waals surface area contributed by atoms with E-state index in [9.17, 15) is 9.59 Å². The largest absolute Gasteiger partial charge is 0.342 e. The number of thiophene rings is 1. The molecule has 1 atom stereocenters. The third kappa shape index (κ3) is 3.40. The first kappa shape index (κ1) is 18.2. The Labute approximate surface area is 155 Å². The molecule has 25 heavy (non-hydrogen) atoms. The summed E-state index contributed by atoms with van der Waals surface area (Å²) in [6, 6.07) is 0. The lowest BCUT2D eigenvalue weighted by Crippen LogP contribution is -2.34. The molecule has 1 saturated heterocycles. The summed E-state index contributed by atoms with van der Waals surface area (Å²) in [6.45, 7) is 11.7. The molecule has 2 aromatic rings. The maximum atomic E-state index is 13.0. The number of hydrogen-bond acceptors (Lipinski definition) is 5. The number of rotatable bonds is 5. The summed E-state index contributed by atoms with van der Waals surface area (Å²) >= 11 is 2.90. The minimum absolute atomic E-state index is 0.0462. The molecule has 0 radical (unpaired) electrons. The highest BCUT2D eigenvalue weighted by atomic mass is 32.2. The first-order valence-electron chi connectivity index (χ1n) is 8.51. The van der Waals surface area contributed by atoms with Crippen LogP contribution in [0.15, 0.2) is 22.6 Å². The van der Waals surface area contributed by atoms with Crippen LogP contribution in [0.1, 0.15) is 30.2 Å². The maximum Gasteiger partial charge on any atom is 0.263 e. The number of fused-ring (bicyclic) bond motifs is 1. The highest BCUT2D eigenvalue weighted by Gasteiger charge is 2.26. The van der Waals surface area contributed by atoms with Crippen molar-refractivity contribution in [3.05, 3.63) is 33.4 Å². The fourth-order valence-electron chi connectivity index (χ4n) is 3.09. The van der Waals surface area contributed by atoms with Gasteiger partial charge in [-0.1, -0.05) is 17.8 Å². The van der Waals surface area contributed by atoms with Crippen molar-refractivity contribution < 1.29 is 4.79 Å². The van der Waals surface area contributed by atoms with E-state index in [0.717, 1.165) is 41.2 Å². The molecule has 1 fully saturated rings. The van der Waals surface area contributed by atoms with Crippen molar-refractivity contribution in [2.75, 3.05) is 13.1 Å². The Balaban J connectivity index is 1.99. The van der Waals surface area contributed by atoms with Gasteiger partial charge in [-0.25, -0.2) is 4.98 Å². The Hall–Kier alpha value is -1.60. The van der Waals surface area contributed by atoms with Crippen molar-refractivity contribution in [2.24, 2.45) is 0 Å². The number of thioether (sulfide) groups is 1. The smallest absolute Gasteiger partial charge is 0.263 e. The molecule has 1 aliphatic heterocycles. The average molecular weight is 378 g/mol. The van der Waals surface area contributed by atoms with Gasteiger partial charge in [0.1, 0.15) is 4.83 Å². The number of hydrogen-bond donors (Lipinski definition) is 0. The number of aryl methyl sites for hydroxylation is 2. The Bertz CT molecular complexity index is 879. The quantitative estimate of drug-likeness (QED) is 0.455. The van der Waals surface area contributed by atoms with Gasteiger partial charge in [0, 0.05) is 24.5 Å². The van der Waals surface area contributed by atoms with Crippen molar-refractivity contribution in [3.63, 3.8) is 0 Å². The first-order valence-corrected chi connectivity index (χ1v) is 10.2.